The van der Waals surface area contributed by atoms with Gasteiger partial charge < -0.3 is 4.42 Å². The molecule has 5 nitrogen and oxygen atoms in total. The topological polar surface area (TPSA) is 56.2 Å². The number of oxazole rings is 1. The van der Waals surface area contributed by atoms with Crippen LogP contribution in [0.4, 0.5) is 4.39 Å². The molecule has 0 saturated carbocycles. The van der Waals surface area contributed by atoms with Crippen molar-refractivity contribution >= 4 is 39.2 Å². The van der Waals surface area contributed by atoms with E-state index in [9.17, 15) is 4.39 Å². The lowest BCUT2D eigenvalue weighted by atomic mass is 10.3. The van der Waals surface area contributed by atoms with E-state index in [1.807, 2.05) is 6.26 Å². The van der Waals surface area contributed by atoms with E-state index in [4.69, 9.17) is 4.42 Å². The Morgan fingerprint density at radius 1 is 1.35 bits per heavy atom. The summed E-state index contributed by atoms with van der Waals surface area (Å²) in [5.41, 5.74) is 1.18. The number of hydrogen-bond donors (Lipinski definition) is 0. The summed E-state index contributed by atoms with van der Waals surface area (Å²) in [5.74, 6) is -0.126. The first-order valence-corrected chi connectivity index (χ1v) is 7.74. The van der Waals surface area contributed by atoms with Gasteiger partial charge in [0.05, 0.1) is 6.20 Å². The van der Waals surface area contributed by atoms with Crippen LogP contribution in [0.2, 0.25) is 0 Å². The van der Waals surface area contributed by atoms with Gasteiger partial charge >= 0.3 is 0 Å². The average Bonchev–Trinajstić information content (AvgIpc) is 3.09. The van der Waals surface area contributed by atoms with Crippen LogP contribution in [0.25, 0.3) is 27.6 Å². The molecule has 1 aromatic carbocycles. The highest BCUT2D eigenvalue weighted by Crippen LogP contribution is 2.28. The summed E-state index contributed by atoms with van der Waals surface area (Å²) >= 11 is 3.05. The highest BCUT2D eigenvalue weighted by atomic mass is 32.2. The van der Waals surface area contributed by atoms with Crippen LogP contribution in [0, 0.1) is 5.82 Å². The Morgan fingerprint density at radius 3 is 3.00 bits per heavy atom. The molecule has 0 atom stereocenters. The van der Waals surface area contributed by atoms with Gasteiger partial charge in [-0.15, -0.1) is 5.10 Å². The highest BCUT2D eigenvalue weighted by Gasteiger charge is 2.16. The summed E-state index contributed by atoms with van der Waals surface area (Å²) in [4.78, 5) is 9.41. The van der Waals surface area contributed by atoms with Gasteiger partial charge in [-0.2, -0.15) is 0 Å². The molecule has 0 spiro atoms. The molecule has 0 saturated heterocycles. The van der Waals surface area contributed by atoms with Gasteiger partial charge in [0.25, 0.3) is 0 Å². The Morgan fingerprint density at radius 2 is 2.25 bits per heavy atom. The second-order valence-corrected chi connectivity index (χ2v) is 6.04. The third-order valence-electron chi connectivity index (χ3n) is 2.79. The van der Waals surface area contributed by atoms with E-state index < -0.39 is 5.82 Å². The van der Waals surface area contributed by atoms with Crippen LogP contribution in [0.5, 0.6) is 0 Å². The minimum Gasteiger partial charge on any atom is -0.431 e. The maximum atomic E-state index is 13.6. The molecule has 4 aromatic rings. The van der Waals surface area contributed by atoms with Crippen molar-refractivity contribution in [1.29, 1.82) is 0 Å². The van der Waals surface area contributed by atoms with Gasteiger partial charge in [-0.05, 0) is 18.4 Å². The monoisotopic (exact) mass is 306 g/mol. The lowest BCUT2D eigenvalue weighted by molar-refractivity contribution is 0.563. The molecule has 4 rings (SSSR count). The van der Waals surface area contributed by atoms with E-state index in [1.54, 1.807) is 34.6 Å². The summed E-state index contributed by atoms with van der Waals surface area (Å²) in [7, 11) is 0. The number of benzene rings is 1. The number of halogens is 1. The number of imidazole rings is 1. The van der Waals surface area contributed by atoms with Crippen LogP contribution in [0.15, 0.2) is 33.2 Å². The van der Waals surface area contributed by atoms with Crippen molar-refractivity contribution in [3.05, 3.63) is 30.2 Å². The Labute approximate surface area is 120 Å². The minimum atomic E-state index is -0.426. The van der Waals surface area contributed by atoms with Gasteiger partial charge in [-0.25, -0.2) is 18.9 Å². The fraction of sp³-hybridized carbons (Fsp3) is 0.0833. The lowest BCUT2D eigenvalue weighted by Crippen LogP contribution is -1.79. The molecule has 0 radical (unpaired) electrons. The molecule has 0 unspecified atom stereocenters. The van der Waals surface area contributed by atoms with E-state index in [1.165, 1.54) is 17.4 Å². The molecule has 0 N–H and O–H groups in total. The van der Waals surface area contributed by atoms with Crippen molar-refractivity contribution in [3.63, 3.8) is 0 Å². The molecular weight excluding hydrogens is 299 g/mol. The van der Waals surface area contributed by atoms with Crippen LogP contribution in [-0.2, 0) is 0 Å². The first kappa shape index (κ1) is 11.9. The highest BCUT2D eigenvalue weighted by molar-refractivity contribution is 8.00. The zero-order chi connectivity index (χ0) is 13.7. The molecule has 20 heavy (non-hydrogen) atoms. The Kier molecular flexibility index (Phi) is 2.54. The molecule has 0 aliphatic heterocycles. The number of para-hydroxylation sites is 1. The van der Waals surface area contributed by atoms with E-state index in [0.29, 0.717) is 17.1 Å². The Balaban J connectivity index is 1.87. The molecule has 3 aromatic heterocycles. The first-order valence-electron chi connectivity index (χ1n) is 5.70. The number of nitrogens with zero attached hydrogens (tertiary/aromatic N) is 4. The maximum Gasteiger partial charge on any atom is 0.248 e. The summed E-state index contributed by atoms with van der Waals surface area (Å²) in [5, 5.41) is 4.34. The molecule has 0 bridgehead atoms. The van der Waals surface area contributed by atoms with Crippen LogP contribution in [-0.4, -0.2) is 25.8 Å². The smallest absolute Gasteiger partial charge is 0.248 e. The van der Waals surface area contributed by atoms with Gasteiger partial charge in [0, 0.05) is 0 Å². The zero-order valence-corrected chi connectivity index (χ0v) is 11.8. The van der Waals surface area contributed by atoms with Crippen molar-refractivity contribution in [2.24, 2.45) is 0 Å². The van der Waals surface area contributed by atoms with Gasteiger partial charge in [0.15, 0.2) is 15.7 Å². The number of aromatic nitrogens is 4. The van der Waals surface area contributed by atoms with Gasteiger partial charge in [0.1, 0.15) is 11.2 Å². The predicted octanol–water partition coefficient (Wildman–Crippen LogP) is 3.46. The standard InChI is InChI=1S/C12H7FN4OS2/c1-19-12-16-17-5-8(15-11(17)20-12)10-14-7-4-2-3-6(13)9(7)18-10/h2-5H,1H3. The van der Waals surface area contributed by atoms with Crippen LogP contribution >= 0.6 is 23.1 Å². The van der Waals surface area contributed by atoms with Crippen molar-refractivity contribution < 1.29 is 8.81 Å². The number of rotatable bonds is 2. The quantitative estimate of drug-likeness (QED) is 0.531. The van der Waals surface area contributed by atoms with Crippen LogP contribution < -0.4 is 0 Å². The number of fused-ring (bicyclic) bond motifs is 2. The summed E-state index contributed by atoms with van der Waals surface area (Å²) in [6.45, 7) is 0. The molecule has 0 fully saturated rings. The molecule has 0 amide bonds. The SMILES string of the molecule is CSc1nn2cc(-c3nc4cccc(F)c4o3)nc2s1. The average molecular weight is 306 g/mol. The number of thioether (sulfide) groups is 1. The van der Waals surface area contributed by atoms with Crippen molar-refractivity contribution in [3.8, 4) is 11.6 Å². The van der Waals surface area contributed by atoms with Gasteiger partial charge in [0.2, 0.25) is 10.9 Å². The normalized spacial score (nSPS) is 11.7. The fourth-order valence-corrected chi connectivity index (χ4v) is 3.23. The van der Waals surface area contributed by atoms with Gasteiger partial charge in [-0.1, -0.05) is 29.2 Å². The van der Waals surface area contributed by atoms with Crippen molar-refractivity contribution in [2.75, 3.05) is 6.26 Å². The molecule has 8 heteroatoms. The van der Waals surface area contributed by atoms with Crippen molar-refractivity contribution in [1.82, 2.24) is 19.6 Å². The third kappa shape index (κ3) is 1.72. The van der Waals surface area contributed by atoms with E-state index in [-0.39, 0.29) is 5.58 Å². The minimum absolute atomic E-state index is 0.150. The van der Waals surface area contributed by atoms with Gasteiger partial charge in [-0.3, -0.25) is 0 Å². The predicted molar refractivity (Wildman–Crippen MR) is 75.6 cm³/mol. The summed E-state index contributed by atoms with van der Waals surface area (Å²) < 4.78 is 21.6. The Hall–Kier alpha value is -1.93. The molecular formula is C12H7FN4OS2. The zero-order valence-electron chi connectivity index (χ0n) is 10.2. The van der Waals surface area contributed by atoms with E-state index in [0.717, 1.165) is 9.30 Å². The molecule has 3 heterocycles. The second kappa shape index (κ2) is 4.29. The Bertz CT molecular complexity index is 895. The largest absolute Gasteiger partial charge is 0.431 e. The van der Waals surface area contributed by atoms with Crippen LogP contribution in [0.3, 0.4) is 0 Å². The van der Waals surface area contributed by atoms with Crippen molar-refractivity contribution in [2.45, 2.75) is 4.34 Å². The van der Waals surface area contributed by atoms with Crippen LogP contribution in [0.1, 0.15) is 0 Å². The van der Waals surface area contributed by atoms with E-state index >= 15 is 0 Å². The lowest BCUT2D eigenvalue weighted by Gasteiger charge is -1.87. The molecule has 0 aliphatic rings. The maximum absolute atomic E-state index is 13.6. The van der Waals surface area contributed by atoms with E-state index in [2.05, 4.69) is 15.1 Å². The fourth-order valence-electron chi connectivity index (χ4n) is 1.89. The third-order valence-corrected chi connectivity index (χ3v) is 4.68. The second-order valence-electron chi connectivity index (χ2n) is 4.03. The molecule has 0 aliphatic carbocycles. The summed E-state index contributed by atoms with van der Waals surface area (Å²) in [6.07, 6.45) is 3.69. The summed E-state index contributed by atoms with van der Waals surface area (Å²) in [6, 6.07) is 4.64. The number of hydrogen-bond acceptors (Lipinski definition) is 6. The first-order chi connectivity index (χ1) is 9.74. The molecule has 100 valence electrons.